The normalized spacial score (nSPS) is 10.9. The second kappa shape index (κ2) is 9.10. The molecule has 1 amide bonds. The van der Waals surface area contributed by atoms with Gasteiger partial charge < -0.3 is 9.47 Å². The van der Waals surface area contributed by atoms with Gasteiger partial charge in [0.15, 0.2) is 5.13 Å². The molecule has 28 heavy (non-hydrogen) atoms. The monoisotopic (exact) mass is 434 g/mol. The molecule has 1 heterocycles. The number of carbonyl (C=O) groups is 1. The number of methoxy groups -OCH3 is 2. The van der Waals surface area contributed by atoms with E-state index in [1.807, 2.05) is 23.6 Å². The maximum absolute atomic E-state index is 12.2. The summed E-state index contributed by atoms with van der Waals surface area (Å²) in [6, 6.07) is 10.5. The van der Waals surface area contributed by atoms with Crippen molar-refractivity contribution in [2.24, 2.45) is 0 Å². The Morgan fingerprint density at radius 2 is 1.96 bits per heavy atom. The van der Waals surface area contributed by atoms with Crippen LogP contribution in [0.25, 0.3) is 17.3 Å². The maximum Gasteiger partial charge on any atom is 0.250 e. The Balaban J connectivity index is 1.74. The number of ether oxygens (including phenoxy) is 2. The molecule has 1 aromatic heterocycles. The van der Waals surface area contributed by atoms with Gasteiger partial charge in [-0.25, -0.2) is 4.98 Å². The van der Waals surface area contributed by atoms with Crippen molar-refractivity contribution in [3.8, 4) is 22.8 Å². The largest absolute Gasteiger partial charge is 0.497 e. The van der Waals surface area contributed by atoms with E-state index >= 15 is 0 Å². The van der Waals surface area contributed by atoms with E-state index in [9.17, 15) is 4.79 Å². The fourth-order valence-corrected chi connectivity index (χ4v) is 3.60. The lowest BCUT2D eigenvalue weighted by Crippen LogP contribution is -2.07. The molecule has 3 rings (SSSR count). The zero-order valence-electron chi connectivity index (χ0n) is 15.0. The number of nitrogens with zero attached hydrogens (tertiary/aromatic N) is 1. The van der Waals surface area contributed by atoms with E-state index in [1.54, 1.807) is 38.5 Å². The first-order valence-electron chi connectivity index (χ1n) is 8.12. The van der Waals surface area contributed by atoms with Gasteiger partial charge in [-0.1, -0.05) is 29.3 Å². The van der Waals surface area contributed by atoms with Gasteiger partial charge in [-0.15, -0.1) is 11.3 Å². The van der Waals surface area contributed by atoms with Crippen LogP contribution in [0.15, 0.2) is 47.9 Å². The van der Waals surface area contributed by atoms with Crippen molar-refractivity contribution in [3.05, 3.63) is 63.5 Å². The van der Waals surface area contributed by atoms with Crippen molar-refractivity contribution in [1.29, 1.82) is 0 Å². The number of hydrogen-bond donors (Lipinski definition) is 1. The van der Waals surface area contributed by atoms with Gasteiger partial charge in [0.2, 0.25) is 5.91 Å². The molecule has 3 aromatic rings. The van der Waals surface area contributed by atoms with Crippen LogP contribution in [-0.2, 0) is 4.79 Å². The number of amides is 1. The Hall–Kier alpha value is -2.54. The van der Waals surface area contributed by atoms with Crippen LogP contribution in [0.1, 0.15) is 5.56 Å². The highest BCUT2D eigenvalue weighted by Gasteiger charge is 2.12. The SMILES string of the molecule is COc1ccc(OC)c(-c2csc(NC(=O)/C=C/c3ccc(Cl)cc3Cl)n2)c1. The van der Waals surface area contributed by atoms with Gasteiger partial charge in [0.1, 0.15) is 11.5 Å². The smallest absolute Gasteiger partial charge is 0.250 e. The van der Waals surface area contributed by atoms with Crippen LogP contribution in [0, 0.1) is 0 Å². The second-order valence-corrected chi connectivity index (χ2v) is 7.29. The lowest BCUT2D eigenvalue weighted by Gasteiger charge is -2.08. The average molecular weight is 435 g/mol. The van der Waals surface area contributed by atoms with Gasteiger partial charge in [0, 0.05) is 27.1 Å². The average Bonchev–Trinajstić information content (AvgIpc) is 3.15. The molecular weight excluding hydrogens is 419 g/mol. The number of nitrogens with one attached hydrogen (secondary N) is 1. The fourth-order valence-electron chi connectivity index (χ4n) is 2.42. The van der Waals surface area contributed by atoms with E-state index < -0.39 is 0 Å². The van der Waals surface area contributed by atoms with E-state index in [0.29, 0.717) is 37.9 Å². The molecule has 0 fully saturated rings. The van der Waals surface area contributed by atoms with Crippen molar-refractivity contribution in [2.45, 2.75) is 0 Å². The second-order valence-electron chi connectivity index (χ2n) is 5.59. The predicted molar refractivity (Wildman–Crippen MR) is 115 cm³/mol. The van der Waals surface area contributed by atoms with Gasteiger partial charge in [-0.05, 0) is 42.0 Å². The third-order valence-corrected chi connectivity index (χ3v) is 5.11. The molecule has 0 bridgehead atoms. The van der Waals surface area contributed by atoms with E-state index in [0.717, 1.165) is 5.56 Å². The fraction of sp³-hybridized carbons (Fsp3) is 0.100. The highest BCUT2D eigenvalue weighted by molar-refractivity contribution is 7.14. The zero-order chi connectivity index (χ0) is 20.1. The summed E-state index contributed by atoms with van der Waals surface area (Å²) in [7, 11) is 3.19. The quantitative estimate of drug-likeness (QED) is 0.498. The Morgan fingerprint density at radius 3 is 2.68 bits per heavy atom. The van der Waals surface area contributed by atoms with Crippen LogP contribution in [0.4, 0.5) is 5.13 Å². The third-order valence-electron chi connectivity index (χ3n) is 3.79. The molecule has 1 N–H and O–H groups in total. The van der Waals surface area contributed by atoms with E-state index in [1.165, 1.54) is 17.4 Å². The molecule has 0 aliphatic heterocycles. The van der Waals surface area contributed by atoms with Gasteiger partial charge >= 0.3 is 0 Å². The Morgan fingerprint density at radius 1 is 1.14 bits per heavy atom. The summed E-state index contributed by atoms with van der Waals surface area (Å²) in [6.07, 6.45) is 3.01. The molecule has 0 spiro atoms. The minimum Gasteiger partial charge on any atom is -0.497 e. The molecule has 0 aliphatic rings. The Bertz CT molecular complexity index is 1030. The van der Waals surface area contributed by atoms with Crippen LogP contribution in [0.3, 0.4) is 0 Å². The molecule has 0 saturated heterocycles. The molecular formula is C20H16Cl2N2O3S. The van der Waals surface area contributed by atoms with Crippen molar-refractivity contribution in [3.63, 3.8) is 0 Å². The predicted octanol–water partition coefficient (Wildman–Crippen LogP) is 5.79. The molecule has 0 unspecified atom stereocenters. The molecule has 8 heteroatoms. The van der Waals surface area contributed by atoms with Crippen molar-refractivity contribution < 1.29 is 14.3 Å². The zero-order valence-corrected chi connectivity index (χ0v) is 17.4. The first kappa shape index (κ1) is 20.2. The Kier molecular flexibility index (Phi) is 6.57. The first-order chi connectivity index (χ1) is 13.5. The molecule has 0 radical (unpaired) electrons. The summed E-state index contributed by atoms with van der Waals surface area (Å²) in [5.41, 5.74) is 2.16. The summed E-state index contributed by atoms with van der Waals surface area (Å²) in [5, 5.41) is 6.06. The number of carbonyl (C=O) groups excluding carboxylic acids is 1. The van der Waals surface area contributed by atoms with Gasteiger partial charge in [-0.3, -0.25) is 10.1 Å². The van der Waals surface area contributed by atoms with Gasteiger partial charge in [0.25, 0.3) is 0 Å². The number of thiazole rings is 1. The van der Waals surface area contributed by atoms with Crippen LogP contribution in [-0.4, -0.2) is 25.1 Å². The lowest BCUT2D eigenvalue weighted by molar-refractivity contribution is -0.111. The van der Waals surface area contributed by atoms with E-state index in [2.05, 4.69) is 10.3 Å². The number of halogens is 2. The van der Waals surface area contributed by atoms with Crippen LogP contribution < -0.4 is 14.8 Å². The Labute approximate surface area is 176 Å². The number of hydrogen-bond acceptors (Lipinski definition) is 5. The highest BCUT2D eigenvalue weighted by Crippen LogP contribution is 2.35. The van der Waals surface area contributed by atoms with Crippen LogP contribution in [0.5, 0.6) is 11.5 Å². The minimum absolute atomic E-state index is 0.315. The summed E-state index contributed by atoms with van der Waals surface area (Å²) in [5.74, 6) is 1.04. The molecule has 0 saturated carbocycles. The molecule has 0 atom stereocenters. The van der Waals surface area contributed by atoms with Gasteiger partial charge in [0.05, 0.1) is 19.9 Å². The minimum atomic E-state index is -0.315. The van der Waals surface area contributed by atoms with Gasteiger partial charge in [-0.2, -0.15) is 0 Å². The van der Waals surface area contributed by atoms with Crippen molar-refractivity contribution >= 4 is 51.7 Å². The summed E-state index contributed by atoms with van der Waals surface area (Å²) < 4.78 is 10.6. The van der Waals surface area contributed by atoms with Crippen LogP contribution in [0.2, 0.25) is 10.0 Å². The van der Waals surface area contributed by atoms with Crippen LogP contribution >= 0.6 is 34.5 Å². The number of rotatable bonds is 6. The lowest BCUT2D eigenvalue weighted by atomic mass is 10.1. The molecule has 0 aliphatic carbocycles. The standard InChI is InChI=1S/C20H16Cl2N2O3S/c1-26-14-6-7-18(27-2)15(10-14)17-11-28-20(23-17)24-19(25)8-4-12-3-5-13(21)9-16(12)22/h3-11H,1-2H3,(H,23,24,25)/b8-4+. The summed E-state index contributed by atoms with van der Waals surface area (Å²) in [6.45, 7) is 0. The van der Waals surface area contributed by atoms with Crippen molar-refractivity contribution in [2.75, 3.05) is 19.5 Å². The number of benzene rings is 2. The third kappa shape index (κ3) is 4.84. The summed E-state index contributed by atoms with van der Waals surface area (Å²) >= 11 is 13.3. The number of anilines is 1. The first-order valence-corrected chi connectivity index (χ1v) is 9.75. The highest BCUT2D eigenvalue weighted by atomic mass is 35.5. The summed E-state index contributed by atoms with van der Waals surface area (Å²) in [4.78, 5) is 16.7. The molecule has 5 nitrogen and oxygen atoms in total. The topological polar surface area (TPSA) is 60.5 Å². The maximum atomic E-state index is 12.2. The van der Waals surface area contributed by atoms with Crippen molar-refractivity contribution in [1.82, 2.24) is 4.98 Å². The van der Waals surface area contributed by atoms with E-state index in [4.69, 9.17) is 32.7 Å². The molecule has 144 valence electrons. The number of aromatic nitrogens is 1. The molecule has 2 aromatic carbocycles. The van der Waals surface area contributed by atoms with E-state index in [-0.39, 0.29) is 5.91 Å².